The highest BCUT2D eigenvalue weighted by Crippen LogP contribution is 2.12. The van der Waals surface area contributed by atoms with E-state index in [9.17, 15) is 9.59 Å². The van der Waals surface area contributed by atoms with E-state index >= 15 is 0 Å². The molecule has 0 spiro atoms. The van der Waals surface area contributed by atoms with Gasteiger partial charge in [-0.15, -0.1) is 11.3 Å². The number of hydrogen-bond donors (Lipinski definition) is 0. The maximum atomic E-state index is 12.8. The van der Waals surface area contributed by atoms with Crippen LogP contribution < -0.4 is 19.5 Å². The number of carbonyl (C=O) groups is 1. The second-order valence-electron chi connectivity index (χ2n) is 5.82. The van der Waals surface area contributed by atoms with Crippen molar-refractivity contribution in [3.05, 3.63) is 84.2 Å². The van der Waals surface area contributed by atoms with Crippen LogP contribution in [0.4, 0.5) is 0 Å². The SMILES string of the molecule is COc1ccc(C=c2sc(=CC#N)n(CC(=O)c3ccc(Cl)cc3)c2=O)cc1. The van der Waals surface area contributed by atoms with E-state index in [-0.39, 0.29) is 17.9 Å². The summed E-state index contributed by atoms with van der Waals surface area (Å²) in [5.41, 5.74) is 0.953. The standard InChI is InChI=1S/C21H15ClN2O3S/c1-27-17-8-2-14(3-9-17)12-19-21(26)24(20(28-19)10-11-23)13-18(25)15-4-6-16(22)7-5-15/h2-10,12H,13H2,1H3. The normalized spacial score (nSPS) is 12.0. The minimum atomic E-state index is -0.315. The topological polar surface area (TPSA) is 72.1 Å². The average Bonchev–Trinajstić information content (AvgIpc) is 2.98. The van der Waals surface area contributed by atoms with Gasteiger partial charge in [0.25, 0.3) is 5.56 Å². The molecule has 1 aromatic heterocycles. The van der Waals surface area contributed by atoms with Crippen molar-refractivity contribution in [3.8, 4) is 11.8 Å². The lowest BCUT2D eigenvalue weighted by molar-refractivity contribution is 0.0970. The molecule has 5 nitrogen and oxygen atoms in total. The van der Waals surface area contributed by atoms with Crippen LogP contribution in [0.25, 0.3) is 12.2 Å². The first kappa shape index (κ1) is 19.6. The van der Waals surface area contributed by atoms with Crippen LogP contribution in [0, 0.1) is 11.3 Å². The van der Waals surface area contributed by atoms with Gasteiger partial charge in [-0.05, 0) is 48.0 Å². The molecule has 2 aromatic carbocycles. The molecule has 0 radical (unpaired) electrons. The predicted octanol–water partition coefficient (Wildman–Crippen LogP) is 2.59. The number of benzene rings is 2. The number of ketones is 1. The summed E-state index contributed by atoms with van der Waals surface area (Å²) in [5, 5.41) is 9.56. The average molecular weight is 411 g/mol. The summed E-state index contributed by atoms with van der Waals surface area (Å²) in [4.78, 5) is 25.4. The third-order valence-corrected chi connectivity index (χ3v) is 5.32. The highest BCUT2D eigenvalue weighted by atomic mass is 35.5. The Kier molecular flexibility index (Phi) is 6.09. The third kappa shape index (κ3) is 4.39. The van der Waals surface area contributed by atoms with Gasteiger partial charge in [-0.2, -0.15) is 5.26 Å². The van der Waals surface area contributed by atoms with E-state index in [1.54, 1.807) is 49.6 Å². The third-order valence-electron chi connectivity index (χ3n) is 4.01. The zero-order valence-electron chi connectivity index (χ0n) is 14.9. The molecule has 0 aliphatic rings. The number of rotatable bonds is 5. The second kappa shape index (κ2) is 8.70. The number of halogens is 1. The van der Waals surface area contributed by atoms with Crippen molar-refractivity contribution in [2.24, 2.45) is 0 Å². The molecule has 0 amide bonds. The molecule has 0 saturated heterocycles. The Labute approximate surface area is 170 Å². The monoisotopic (exact) mass is 410 g/mol. The molecule has 0 bridgehead atoms. The number of nitriles is 1. The number of Topliss-reactive ketones (excluding diaryl/α,β-unsaturated/α-hetero) is 1. The number of ether oxygens (including phenoxy) is 1. The van der Waals surface area contributed by atoms with Crippen molar-refractivity contribution in [2.75, 3.05) is 7.11 Å². The molecule has 0 atom stereocenters. The van der Waals surface area contributed by atoms with Crippen LogP contribution in [0.1, 0.15) is 15.9 Å². The molecule has 3 rings (SSSR count). The maximum Gasteiger partial charge on any atom is 0.269 e. The number of thiazole rings is 1. The fourth-order valence-corrected chi connectivity index (χ4v) is 3.68. The van der Waals surface area contributed by atoms with E-state index in [0.29, 0.717) is 25.5 Å². The van der Waals surface area contributed by atoms with Crippen LogP contribution in [-0.2, 0) is 6.54 Å². The van der Waals surface area contributed by atoms with Crippen LogP contribution >= 0.6 is 22.9 Å². The first-order valence-corrected chi connectivity index (χ1v) is 9.45. The summed E-state index contributed by atoms with van der Waals surface area (Å²) < 4.78 is 7.31. The summed E-state index contributed by atoms with van der Waals surface area (Å²) in [6, 6.07) is 15.6. The molecule has 0 aliphatic carbocycles. The van der Waals surface area contributed by atoms with E-state index in [4.69, 9.17) is 21.6 Å². The lowest BCUT2D eigenvalue weighted by atomic mass is 10.1. The molecule has 0 N–H and O–H groups in total. The largest absolute Gasteiger partial charge is 0.497 e. The first-order chi connectivity index (χ1) is 13.5. The first-order valence-electron chi connectivity index (χ1n) is 8.26. The zero-order valence-corrected chi connectivity index (χ0v) is 16.5. The van der Waals surface area contributed by atoms with Crippen molar-refractivity contribution in [3.63, 3.8) is 0 Å². The van der Waals surface area contributed by atoms with Crippen molar-refractivity contribution < 1.29 is 9.53 Å². The predicted molar refractivity (Wildman–Crippen MR) is 110 cm³/mol. The molecular formula is C21H15ClN2O3S. The molecule has 1 heterocycles. The Balaban J connectivity index is 2.02. The van der Waals surface area contributed by atoms with E-state index in [1.807, 2.05) is 18.2 Å². The highest BCUT2D eigenvalue weighted by molar-refractivity contribution is 7.07. The Hall–Kier alpha value is -3.14. The van der Waals surface area contributed by atoms with E-state index in [2.05, 4.69) is 0 Å². The molecule has 0 unspecified atom stereocenters. The number of carbonyl (C=O) groups excluding carboxylic acids is 1. The minimum absolute atomic E-state index is 0.152. The van der Waals surface area contributed by atoms with Crippen molar-refractivity contribution in [2.45, 2.75) is 6.54 Å². The molecule has 140 valence electrons. The minimum Gasteiger partial charge on any atom is -0.497 e. The molecule has 0 saturated carbocycles. The van der Waals surface area contributed by atoms with Gasteiger partial charge in [0.15, 0.2) is 5.78 Å². The Bertz CT molecular complexity index is 1220. The number of nitrogens with zero attached hydrogens (tertiary/aromatic N) is 2. The van der Waals surface area contributed by atoms with Gasteiger partial charge in [-0.3, -0.25) is 14.2 Å². The van der Waals surface area contributed by atoms with Crippen LogP contribution in [0.2, 0.25) is 5.02 Å². The van der Waals surface area contributed by atoms with Gasteiger partial charge in [0, 0.05) is 16.7 Å². The van der Waals surface area contributed by atoms with Crippen molar-refractivity contribution >= 4 is 40.9 Å². The van der Waals surface area contributed by atoms with Crippen LogP contribution in [0.5, 0.6) is 5.75 Å². The highest BCUT2D eigenvalue weighted by Gasteiger charge is 2.11. The molecule has 7 heteroatoms. The number of aromatic nitrogens is 1. The van der Waals surface area contributed by atoms with Crippen molar-refractivity contribution in [1.82, 2.24) is 4.57 Å². The Morgan fingerprint density at radius 2 is 1.89 bits per heavy atom. The quantitative estimate of drug-likeness (QED) is 0.606. The van der Waals surface area contributed by atoms with E-state index in [1.165, 1.54) is 22.0 Å². The summed E-state index contributed by atoms with van der Waals surface area (Å²) in [5.74, 6) is 0.480. The van der Waals surface area contributed by atoms with Gasteiger partial charge in [-0.1, -0.05) is 23.7 Å². The van der Waals surface area contributed by atoms with E-state index in [0.717, 1.165) is 5.56 Å². The lowest BCUT2D eigenvalue weighted by Crippen LogP contribution is -2.34. The second-order valence-corrected chi connectivity index (χ2v) is 7.32. The van der Waals surface area contributed by atoms with Gasteiger partial charge in [-0.25, -0.2) is 0 Å². The summed E-state index contributed by atoms with van der Waals surface area (Å²) in [7, 11) is 1.58. The smallest absolute Gasteiger partial charge is 0.269 e. The molecular weight excluding hydrogens is 396 g/mol. The fourth-order valence-electron chi connectivity index (χ4n) is 2.57. The summed E-state index contributed by atoms with van der Waals surface area (Å²) in [6.07, 6.45) is 3.00. The van der Waals surface area contributed by atoms with Crippen LogP contribution in [-0.4, -0.2) is 17.5 Å². The van der Waals surface area contributed by atoms with Crippen molar-refractivity contribution in [1.29, 1.82) is 5.26 Å². The van der Waals surface area contributed by atoms with E-state index < -0.39 is 0 Å². The van der Waals surface area contributed by atoms with Gasteiger partial charge >= 0.3 is 0 Å². The molecule has 28 heavy (non-hydrogen) atoms. The maximum absolute atomic E-state index is 12.8. The zero-order chi connectivity index (χ0) is 20.1. The Morgan fingerprint density at radius 3 is 2.50 bits per heavy atom. The molecule has 0 fully saturated rings. The summed E-state index contributed by atoms with van der Waals surface area (Å²) >= 11 is 7.02. The fraction of sp³-hybridized carbons (Fsp3) is 0.0952. The Morgan fingerprint density at radius 1 is 1.21 bits per heavy atom. The van der Waals surface area contributed by atoms with Crippen LogP contribution in [0.3, 0.4) is 0 Å². The van der Waals surface area contributed by atoms with Gasteiger partial charge in [0.1, 0.15) is 10.4 Å². The molecule has 3 aromatic rings. The lowest BCUT2D eigenvalue weighted by Gasteiger charge is -2.02. The number of hydrogen-bond acceptors (Lipinski definition) is 5. The van der Waals surface area contributed by atoms with Crippen LogP contribution in [0.15, 0.2) is 53.3 Å². The molecule has 0 aliphatic heterocycles. The number of methoxy groups -OCH3 is 1. The van der Waals surface area contributed by atoms with Gasteiger partial charge in [0.05, 0.1) is 24.3 Å². The van der Waals surface area contributed by atoms with Gasteiger partial charge in [0.2, 0.25) is 0 Å². The van der Waals surface area contributed by atoms with Gasteiger partial charge < -0.3 is 4.74 Å². The summed E-state index contributed by atoms with van der Waals surface area (Å²) in [6.45, 7) is -0.152.